The van der Waals surface area contributed by atoms with E-state index in [-0.39, 0.29) is 24.4 Å². The summed E-state index contributed by atoms with van der Waals surface area (Å²) in [5, 5.41) is 4.18. The highest BCUT2D eigenvalue weighted by atomic mass is 16.2. The number of aryl methyl sites for hydroxylation is 2. The van der Waals surface area contributed by atoms with Crippen LogP contribution >= 0.6 is 0 Å². The monoisotopic (exact) mass is 447 g/mol. The lowest BCUT2D eigenvalue weighted by Crippen LogP contribution is -2.49. The van der Waals surface area contributed by atoms with Gasteiger partial charge in [-0.1, -0.05) is 30.3 Å². The van der Waals surface area contributed by atoms with Crippen molar-refractivity contribution in [1.82, 2.24) is 24.6 Å². The molecule has 174 valence electrons. The maximum absolute atomic E-state index is 13.1. The fourth-order valence-electron chi connectivity index (χ4n) is 4.90. The van der Waals surface area contributed by atoms with Crippen LogP contribution in [0.15, 0.2) is 54.9 Å². The second-order valence-electron chi connectivity index (χ2n) is 9.11. The van der Waals surface area contributed by atoms with Gasteiger partial charge in [0.1, 0.15) is 12.2 Å². The molecule has 7 nitrogen and oxygen atoms in total. The molecule has 1 fully saturated rings. The number of rotatable bonds is 7. The SMILES string of the molecule is Cc1cc(C)c(C(=O)N2CCC(C(Cc3ccccc3)N(C)C(=O)Cn3cccn3)CC2)[nH]1. The Hall–Kier alpha value is -3.35. The maximum Gasteiger partial charge on any atom is 0.270 e. The van der Waals surface area contributed by atoms with Crippen molar-refractivity contribution >= 4 is 11.8 Å². The molecule has 1 aromatic carbocycles. The molecule has 1 aliphatic rings. The zero-order valence-corrected chi connectivity index (χ0v) is 19.7. The summed E-state index contributed by atoms with van der Waals surface area (Å²) in [5.74, 6) is 0.449. The number of hydrogen-bond acceptors (Lipinski definition) is 3. The van der Waals surface area contributed by atoms with E-state index >= 15 is 0 Å². The van der Waals surface area contributed by atoms with Gasteiger partial charge in [-0.2, -0.15) is 5.10 Å². The average Bonchev–Trinajstić information content (AvgIpc) is 3.46. The molecule has 0 radical (unpaired) electrons. The van der Waals surface area contributed by atoms with Crippen LogP contribution in [0.5, 0.6) is 0 Å². The second-order valence-corrected chi connectivity index (χ2v) is 9.11. The zero-order valence-electron chi connectivity index (χ0n) is 19.7. The van der Waals surface area contributed by atoms with Crippen LogP contribution in [0.4, 0.5) is 0 Å². The summed E-state index contributed by atoms with van der Waals surface area (Å²) in [6.07, 6.45) is 6.06. The van der Waals surface area contributed by atoms with E-state index in [1.54, 1.807) is 10.9 Å². The summed E-state index contributed by atoms with van der Waals surface area (Å²) in [6.45, 7) is 5.58. The molecule has 2 amide bonds. The lowest BCUT2D eigenvalue weighted by molar-refractivity contribution is -0.134. The van der Waals surface area contributed by atoms with E-state index in [4.69, 9.17) is 0 Å². The van der Waals surface area contributed by atoms with Gasteiger partial charge in [0.15, 0.2) is 0 Å². The van der Waals surface area contributed by atoms with E-state index in [0.717, 1.165) is 30.5 Å². The molecule has 1 saturated heterocycles. The van der Waals surface area contributed by atoms with Crippen LogP contribution in [-0.4, -0.2) is 62.6 Å². The van der Waals surface area contributed by atoms with E-state index in [1.165, 1.54) is 5.56 Å². The molecular weight excluding hydrogens is 414 g/mol. The molecule has 3 heterocycles. The van der Waals surface area contributed by atoms with E-state index in [0.29, 0.717) is 24.7 Å². The smallest absolute Gasteiger partial charge is 0.270 e. The highest BCUT2D eigenvalue weighted by Crippen LogP contribution is 2.28. The Morgan fingerprint density at radius 2 is 1.88 bits per heavy atom. The van der Waals surface area contributed by atoms with Crippen molar-refractivity contribution in [2.75, 3.05) is 20.1 Å². The molecule has 1 N–H and O–H groups in total. The molecule has 0 saturated carbocycles. The van der Waals surface area contributed by atoms with Crippen molar-refractivity contribution in [2.24, 2.45) is 5.92 Å². The molecule has 2 aromatic heterocycles. The number of hydrogen-bond donors (Lipinski definition) is 1. The molecule has 0 spiro atoms. The van der Waals surface area contributed by atoms with Crippen molar-refractivity contribution in [3.8, 4) is 0 Å². The van der Waals surface area contributed by atoms with Gasteiger partial charge < -0.3 is 14.8 Å². The van der Waals surface area contributed by atoms with Crippen molar-refractivity contribution in [1.29, 1.82) is 0 Å². The highest BCUT2D eigenvalue weighted by molar-refractivity contribution is 5.94. The summed E-state index contributed by atoms with van der Waals surface area (Å²) < 4.78 is 1.67. The van der Waals surface area contributed by atoms with Crippen LogP contribution < -0.4 is 0 Å². The largest absolute Gasteiger partial charge is 0.354 e. The van der Waals surface area contributed by atoms with Crippen molar-refractivity contribution in [3.05, 3.63) is 77.4 Å². The maximum atomic E-state index is 13.1. The first-order valence-electron chi connectivity index (χ1n) is 11.6. The third-order valence-electron chi connectivity index (χ3n) is 6.77. The van der Waals surface area contributed by atoms with Crippen molar-refractivity contribution in [3.63, 3.8) is 0 Å². The van der Waals surface area contributed by atoms with Gasteiger partial charge in [-0.3, -0.25) is 14.3 Å². The Balaban J connectivity index is 1.46. The summed E-state index contributed by atoms with van der Waals surface area (Å²) in [7, 11) is 1.90. The number of aromatic amines is 1. The van der Waals surface area contributed by atoms with Crippen LogP contribution in [0.3, 0.4) is 0 Å². The number of nitrogens with zero attached hydrogens (tertiary/aromatic N) is 4. The van der Waals surface area contributed by atoms with Crippen LogP contribution in [0.2, 0.25) is 0 Å². The zero-order chi connectivity index (χ0) is 23.4. The van der Waals surface area contributed by atoms with E-state index in [2.05, 4.69) is 22.2 Å². The lowest BCUT2D eigenvalue weighted by Gasteiger charge is -2.40. The van der Waals surface area contributed by atoms with E-state index in [1.807, 2.05) is 67.2 Å². The molecule has 1 atom stereocenters. The van der Waals surface area contributed by atoms with Crippen LogP contribution in [-0.2, 0) is 17.8 Å². The Labute approximate surface area is 195 Å². The number of nitrogens with one attached hydrogen (secondary N) is 1. The Bertz CT molecular complexity index is 1070. The molecule has 3 aromatic rings. The number of likely N-dealkylation sites (N-methyl/N-ethyl adjacent to an activating group) is 1. The Morgan fingerprint density at radius 1 is 1.15 bits per heavy atom. The summed E-state index contributed by atoms with van der Waals surface area (Å²) in [5.41, 5.74) is 3.91. The first-order valence-corrected chi connectivity index (χ1v) is 11.6. The molecule has 1 unspecified atom stereocenters. The first kappa shape index (κ1) is 22.8. The number of piperidine rings is 1. The fourth-order valence-corrected chi connectivity index (χ4v) is 4.90. The van der Waals surface area contributed by atoms with Gasteiger partial charge in [-0.25, -0.2) is 0 Å². The number of amides is 2. The van der Waals surface area contributed by atoms with Gasteiger partial charge in [0.05, 0.1) is 0 Å². The average molecular weight is 448 g/mol. The summed E-state index contributed by atoms with van der Waals surface area (Å²) >= 11 is 0. The minimum absolute atomic E-state index is 0.0515. The van der Waals surface area contributed by atoms with E-state index < -0.39 is 0 Å². The van der Waals surface area contributed by atoms with Crippen LogP contribution in [0.1, 0.15) is 40.2 Å². The number of aromatic nitrogens is 3. The van der Waals surface area contributed by atoms with Crippen LogP contribution in [0, 0.1) is 19.8 Å². The highest BCUT2D eigenvalue weighted by Gasteiger charge is 2.33. The van der Waals surface area contributed by atoms with E-state index in [9.17, 15) is 9.59 Å². The van der Waals surface area contributed by atoms with Gasteiger partial charge in [0, 0.05) is 44.3 Å². The standard InChI is InChI=1S/C26H33N5O2/c1-19-16-20(2)28-25(19)26(33)30-14-10-22(11-15-30)23(17-21-8-5-4-6-9-21)29(3)24(32)18-31-13-7-12-27-31/h4-9,12-13,16,22-23,28H,10-11,14-15,17-18H2,1-3H3. The van der Waals surface area contributed by atoms with Gasteiger partial charge in [0.25, 0.3) is 5.91 Å². The Kier molecular flexibility index (Phi) is 6.96. The number of likely N-dealkylation sites (tertiary alicyclic amines) is 1. The third kappa shape index (κ3) is 5.35. The molecular formula is C26H33N5O2. The van der Waals surface area contributed by atoms with Crippen LogP contribution in [0.25, 0.3) is 0 Å². The van der Waals surface area contributed by atoms with Crippen molar-refractivity contribution < 1.29 is 9.59 Å². The number of H-pyrrole nitrogens is 1. The lowest BCUT2D eigenvalue weighted by atomic mass is 9.84. The minimum Gasteiger partial charge on any atom is -0.354 e. The van der Waals surface area contributed by atoms with Gasteiger partial charge in [0.2, 0.25) is 5.91 Å². The molecule has 7 heteroatoms. The molecule has 1 aliphatic heterocycles. The summed E-state index contributed by atoms with van der Waals surface area (Å²) in [6, 6.07) is 14.2. The minimum atomic E-state index is 0.0515. The molecule has 33 heavy (non-hydrogen) atoms. The predicted molar refractivity (Wildman–Crippen MR) is 128 cm³/mol. The van der Waals surface area contributed by atoms with Crippen molar-refractivity contribution in [2.45, 2.75) is 45.7 Å². The molecule has 4 rings (SSSR count). The summed E-state index contributed by atoms with van der Waals surface area (Å²) in [4.78, 5) is 33.2. The quantitative estimate of drug-likeness (QED) is 0.603. The first-order chi connectivity index (χ1) is 15.9. The topological polar surface area (TPSA) is 74.2 Å². The molecule has 0 bridgehead atoms. The number of carbonyl (C=O) groups is 2. The normalized spacial score (nSPS) is 15.4. The van der Waals surface area contributed by atoms with Gasteiger partial charge in [-0.15, -0.1) is 0 Å². The van der Waals surface area contributed by atoms with Gasteiger partial charge in [-0.05, 0) is 62.3 Å². The number of benzene rings is 1. The number of carbonyl (C=O) groups excluding carboxylic acids is 2. The fraction of sp³-hybridized carbons (Fsp3) is 0.423. The predicted octanol–water partition coefficient (Wildman–Crippen LogP) is 3.45. The third-order valence-corrected chi connectivity index (χ3v) is 6.77. The molecule has 0 aliphatic carbocycles. The second kappa shape index (κ2) is 10.1. The Morgan fingerprint density at radius 3 is 2.48 bits per heavy atom. The van der Waals surface area contributed by atoms with Gasteiger partial charge >= 0.3 is 0 Å².